The van der Waals surface area contributed by atoms with Gasteiger partial charge in [-0.1, -0.05) is 50.2 Å². The number of rotatable bonds is 4. The van der Waals surface area contributed by atoms with E-state index in [9.17, 15) is 14.7 Å². The van der Waals surface area contributed by atoms with Gasteiger partial charge >= 0.3 is 5.69 Å². The van der Waals surface area contributed by atoms with Crippen molar-refractivity contribution in [3.63, 3.8) is 0 Å². The quantitative estimate of drug-likeness (QED) is 0.323. The van der Waals surface area contributed by atoms with Crippen LogP contribution < -0.4 is 15.9 Å². The first-order chi connectivity index (χ1) is 20.1. The van der Waals surface area contributed by atoms with Gasteiger partial charge in [0.2, 0.25) is 5.91 Å². The molecule has 2 N–H and O–H groups in total. The Morgan fingerprint density at radius 1 is 1.26 bits per heavy atom. The summed E-state index contributed by atoms with van der Waals surface area (Å²) in [5.41, 5.74) is 1.66. The van der Waals surface area contributed by atoms with Crippen LogP contribution in [0.25, 0.3) is 27.7 Å². The summed E-state index contributed by atoms with van der Waals surface area (Å²) in [6.45, 7) is 10.8. The summed E-state index contributed by atoms with van der Waals surface area (Å²) in [5.74, 6) is -0.899. The van der Waals surface area contributed by atoms with Gasteiger partial charge in [0.25, 0.3) is 0 Å². The molecule has 9 nitrogen and oxygen atoms in total. The zero-order valence-corrected chi connectivity index (χ0v) is 24.2. The van der Waals surface area contributed by atoms with Gasteiger partial charge in [0.15, 0.2) is 5.82 Å². The Morgan fingerprint density at radius 3 is 2.74 bits per heavy atom. The lowest BCUT2D eigenvalue weighted by molar-refractivity contribution is -0.126. The van der Waals surface area contributed by atoms with E-state index in [0.717, 1.165) is 5.56 Å². The van der Waals surface area contributed by atoms with Crippen LogP contribution in [0.5, 0.6) is 5.75 Å². The molecule has 1 atom stereocenters. The average molecular weight is 589 g/mol. The number of hydrogen-bond donors (Lipinski definition) is 2. The third-order valence-corrected chi connectivity index (χ3v) is 8.42. The standard InChI is InChI=1S/C31H30ClFN6O3/c1-5-21(41)37-12-13-38-18(15-37)14-35-27-23-29(25(33)22(24(27)32)19-8-6-7-9-20(19)40)39(31(42)36-30(23)38)28-17(4)10-11-34-26(28)16(2)3/h5-11,16,18,35,40H,1,12-15H2,2-4H3. The summed E-state index contributed by atoms with van der Waals surface area (Å²) in [6.07, 6.45) is 2.94. The Hall–Kier alpha value is -4.44. The normalized spacial score (nSPS) is 16.3. The third-order valence-electron chi connectivity index (χ3n) is 8.05. The number of benzene rings is 2. The topological polar surface area (TPSA) is 104 Å². The molecule has 2 aromatic heterocycles. The summed E-state index contributed by atoms with van der Waals surface area (Å²) in [5, 5.41) is 14.5. The lowest BCUT2D eigenvalue weighted by Gasteiger charge is -2.41. The number of nitrogens with one attached hydrogen (secondary N) is 1. The van der Waals surface area contributed by atoms with Gasteiger partial charge in [0, 0.05) is 43.5 Å². The second-order valence-electron chi connectivity index (χ2n) is 10.9. The van der Waals surface area contributed by atoms with Gasteiger partial charge in [-0.05, 0) is 36.6 Å². The number of piperazine rings is 1. The van der Waals surface area contributed by atoms with Crippen molar-refractivity contribution in [1.29, 1.82) is 0 Å². The molecule has 216 valence electrons. The number of amides is 1. The molecule has 0 aliphatic carbocycles. The molecule has 4 aromatic rings. The summed E-state index contributed by atoms with van der Waals surface area (Å²) in [7, 11) is 0. The fraction of sp³-hybridized carbons (Fsp3) is 0.290. The molecule has 0 saturated carbocycles. The highest BCUT2D eigenvalue weighted by atomic mass is 35.5. The molecule has 2 aliphatic rings. The SMILES string of the molecule is C=CC(=O)N1CCN2c3nc(=O)n(-c4c(C)ccnc4C(C)C)c4c(F)c(-c5ccccc5O)c(Cl)c(c34)NCC2C1. The minimum atomic E-state index is -0.764. The van der Waals surface area contributed by atoms with E-state index in [1.54, 1.807) is 35.4 Å². The maximum absolute atomic E-state index is 17.2. The van der Waals surface area contributed by atoms with Crippen molar-refractivity contribution in [2.24, 2.45) is 0 Å². The van der Waals surface area contributed by atoms with Crippen molar-refractivity contribution in [3.8, 4) is 22.6 Å². The van der Waals surface area contributed by atoms with Crippen LogP contribution in [0.4, 0.5) is 15.9 Å². The van der Waals surface area contributed by atoms with Crippen LogP contribution in [0, 0.1) is 12.7 Å². The van der Waals surface area contributed by atoms with Gasteiger partial charge < -0.3 is 20.2 Å². The van der Waals surface area contributed by atoms with Crippen LogP contribution in [-0.2, 0) is 4.79 Å². The van der Waals surface area contributed by atoms with Gasteiger partial charge in [0.05, 0.1) is 33.5 Å². The predicted octanol–water partition coefficient (Wildman–Crippen LogP) is 5.01. The predicted molar refractivity (Wildman–Crippen MR) is 162 cm³/mol. The number of phenolic OH excluding ortho intramolecular Hbond substituents is 1. The third kappa shape index (κ3) is 4.20. The Balaban J connectivity index is 1.74. The number of pyridine rings is 1. The highest BCUT2D eigenvalue weighted by Gasteiger charge is 2.37. The molecule has 6 rings (SSSR count). The fourth-order valence-corrected chi connectivity index (χ4v) is 6.39. The minimum Gasteiger partial charge on any atom is -0.507 e. The number of aryl methyl sites for hydroxylation is 1. The largest absolute Gasteiger partial charge is 0.507 e. The minimum absolute atomic E-state index is 0.0154. The van der Waals surface area contributed by atoms with Crippen molar-refractivity contribution < 1.29 is 14.3 Å². The second kappa shape index (κ2) is 10.4. The van der Waals surface area contributed by atoms with Crippen LogP contribution in [0.2, 0.25) is 5.02 Å². The summed E-state index contributed by atoms with van der Waals surface area (Å²) < 4.78 is 18.4. The van der Waals surface area contributed by atoms with Gasteiger partial charge in [-0.3, -0.25) is 14.3 Å². The van der Waals surface area contributed by atoms with E-state index in [2.05, 4.69) is 21.9 Å². The molecule has 0 radical (unpaired) electrons. The molecule has 42 heavy (non-hydrogen) atoms. The van der Waals surface area contributed by atoms with Gasteiger partial charge in [0.1, 0.15) is 17.1 Å². The zero-order chi connectivity index (χ0) is 29.9. The molecule has 11 heteroatoms. The van der Waals surface area contributed by atoms with E-state index in [-0.39, 0.29) is 45.3 Å². The van der Waals surface area contributed by atoms with Crippen molar-refractivity contribution in [3.05, 3.63) is 81.8 Å². The Labute approximate surface area is 246 Å². The first-order valence-corrected chi connectivity index (χ1v) is 14.2. The van der Waals surface area contributed by atoms with Crippen LogP contribution in [0.3, 0.4) is 0 Å². The van der Waals surface area contributed by atoms with E-state index < -0.39 is 11.5 Å². The molecular formula is C31H30ClFN6O3. The van der Waals surface area contributed by atoms with Crippen LogP contribution in [-0.4, -0.2) is 62.7 Å². The maximum Gasteiger partial charge on any atom is 0.354 e. The lowest BCUT2D eigenvalue weighted by atomic mass is 9.99. The molecule has 1 saturated heterocycles. The molecule has 1 unspecified atom stereocenters. The monoisotopic (exact) mass is 588 g/mol. The van der Waals surface area contributed by atoms with E-state index in [4.69, 9.17) is 11.6 Å². The number of fused-ring (bicyclic) bond motifs is 2. The zero-order valence-electron chi connectivity index (χ0n) is 23.5. The Kier molecular flexibility index (Phi) is 6.89. The number of carbonyl (C=O) groups is 1. The number of aromatic hydroxyl groups is 1. The van der Waals surface area contributed by atoms with Gasteiger partial charge in [-0.15, -0.1) is 0 Å². The van der Waals surface area contributed by atoms with Crippen molar-refractivity contribution in [2.45, 2.75) is 32.7 Å². The van der Waals surface area contributed by atoms with E-state index in [0.29, 0.717) is 54.5 Å². The number of para-hydroxylation sites is 1. The van der Waals surface area contributed by atoms with Crippen LogP contribution in [0.15, 0.2) is 54.0 Å². The number of anilines is 2. The van der Waals surface area contributed by atoms with E-state index in [1.807, 2.05) is 25.7 Å². The summed E-state index contributed by atoms with van der Waals surface area (Å²) in [6, 6.07) is 7.85. The molecule has 1 fully saturated rings. The molecule has 4 heterocycles. The number of carbonyl (C=O) groups excluding carboxylic acids is 1. The number of hydrogen-bond acceptors (Lipinski definition) is 7. The number of halogens is 2. The van der Waals surface area contributed by atoms with Crippen LogP contribution >= 0.6 is 11.6 Å². The first-order valence-electron chi connectivity index (χ1n) is 13.8. The summed E-state index contributed by atoms with van der Waals surface area (Å²) in [4.78, 5) is 39.3. The summed E-state index contributed by atoms with van der Waals surface area (Å²) >= 11 is 6.99. The lowest BCUT2D eigenvalue weighted by Crippen LogP contribution is -2.57. The average Bonchev–Trinajstić information content (AvgIpc) is 3.13. The highest BCUT2D eigenvalue weighted by molar-refractivity contribution is 6.38. The fourth-order valence-electron chi connectivity index (χ4n) is 6.04. The molecule has 2 aliphatic heterocycles. The molecular weight excluding hydrogens is 559 g/mol. The smallest absolute Gasteiger partial charge is 0.354 e. The van der Waals surface area contributed by atoms with E-state index >= 15 is 4.39 Å². The maximum atomic E-state index is 17.2. The Morgan fingerprint density at radius 2 is 2.02 bits per heavy atom. The molecule has 0 bridgehead atoms. The Bertz CT molecular complexity index is 1840. The van der Waals surface area contributed by atoms with Gasteiger partial charge in [-0.2, -0.15) is 4.98 Å². The van der Waals surface area contributed by atoms with Crippen molar-refractivity contribution in [2.75, 3.05) is 36.4 Å². The first kappa shape index (κ1) is 27.7. The number of nitrogens with zero attached hydrogens (tertiary/aromatic N) is 5. The highest BCUT2D eigenvalue weighted by Crippen LogP contribution is 2.48. The van der Waals surface area contributed by atoms with E-state index in [1.165, 1.54) is 16.7 Å². The number of aromatic nitrogens is 3. The van der Waals surface area contributed by atoms with Crippen molar-refractivity contribution >= 4 is 39.9 Å². The van der Waals surface area contributed by atoms with Crippen molar-refractivity contribution in [1.82, 2.24) is 19.4 Å². The number of phenols is 1. The molecule has 0 spiro atoms. The second-order valence-corrected chi connectivity index (χ2v) is 11.3. The molecule has 1 amide bonds. The van der Waals surface area contributed by atoms with Gasteiger partial charge in [-0.25, -0.2) is 9.18 Å². The van der Waals surface area contributed by atoms with Crippen LogP contribution in [0.1, 0.15) is 31.0 Å². The molecule has 2 aromatic carbocycles.